The minimum atomic E-state index is 0.716. The summed E-state index contributed by atoms with van der Waals surface area (Å²) in [5.74, 6) is 0.816. The van der Waals surface area contributed by atoms with Crippen LogP contribution in [0.3, 0.4) is 0 Å². The number of anilines is 3. The fraction of sp³-hybridized carbons (Fsp3) is 0.0833. The molecule has 0 aliphatic carbocycles. The molecule has 0 spiro atoms. The van der Waals surface area contributed by atoms with Gasteiger partial charge >= 0.3 is 0 Å². The van der Waals surface area contributed by atoms with Crippen LogP contribution in [0, 0.1) is 10.5 Å². The highest BCUT2D eigenvalue weighted by Crippen LogP contribution is 2.22. The molecule has 3 N–H and O–H groups in total. The lowest BCUT2D eigenvalue weighted by Gasteiger charge is -2.08. The lowest BCUT2D eigenvalue weighted by atomic mass is 10.3. The molecule has 0 bridgehead atoms. The van der Waals surface area contributed by atoms with E-state index >= 15 is 0 Å². The van der Waals surface area contributed by atoms with Crippen LogP contribution in [-0.4, -0.2) is 4.98 Å². The van der Waals surface area contributed by atoms with Crippen molar-refractivity contribution in [2.24, 2.45) is 0 Å². The largest absolute Gasteiger partial charge is 0.397 e. The van der Waals surface area contributed by atoms with Gasteiger partial charge in [0.25, 0.3) is 0 Å². The molecule has 1 aromatic heterocycles. The van der Waals surface area contributed by atoms with Crippen LogP contribution in [0.1, 0.15) is 5.69 Å². The molecule has 2 rings (SSSR count). The second-order valence-electron chi connectivity index (χ2n) is 3.48. The molecule has 0 amide bonds. The van der Waals surface area contributed by atoms with Crippen molar-refractivity contribution in [3.8, 4) is 0 Å². The molecule has 0 unspecified atom stereocenters. The van der Waals surface area contributed by atoms with Crippen molar-refractivity contribution < 1.29 is 0 Å². The monoisotopic (exact) mass is 325 g/mol. The highest BCUT2D eigenvalue weighted by Gasteiger charge is 2.01. The van der Waals surface area contributed by atoms with Crippen molar-refractivity contribution in [3.63, 3.8) is 0 Å². The topological polar surface area (TPSA) is 50.9 Å². The first kappa shape index (κ1) is 11.2. The molecule has 0 aliphatic heterocycles. The van der Waals surface area contributed by atoms with Gasteiger partial charge < -0.3 is 11.1 Å². The van der Waals surface area contributed by atoms with E-state index in [-0.39, 0.29) is 0 Å². The van der Waals surface area contributed by atoms with Crippen LogP contribution < -0.4 is 11.1 Å². The summed E-state index contributed by atoms with van der Waals surface area (Å²) in [5, 5.41) is 3.27. The van der Waals surface area contributed by atoms with Gasteiger partial charge in [-0.2, -0.15) is 0 Å². The number of pyridine rings is 1. The highest BCUT2D eigenvalue weighted by molar-refractivity contribution is 14.1. The molecule has 16 heavy (non-hydrogen) atoms. The first-order valence-electron chi connectivity index (χ1n) is 4.91. The highest BCUT2D eigenvalue weighted by atomic mass is 127. The zero-order chi connectivity index (χ0) is 11.5. The van der Waals surface area contributed by atoms with Gasteiger partial charge in [0.05, 0.1) is 17.1 Å². The number of hydrogen-bond acceptors (Lipinski definition) is 3. The van der Waals surface area contributed by atoms with Gasteiger partial charge in [-0.05, 0) is 53.8 Å². The Morgan fingerprint density at radius 3 is 2.62 bits per heavy atom. The van der Waals surface area contributed by atoms with Gasteiger partial charge in [0.15, 0.2) is 0 Å². The SMILES string of the molecule is Cc1nc(Nc2ccccc2I)ccc1N. The number of halogens is 1. The molecule has 0 fully saturated rings. The molecule has 0 saturated heterocycles. The first-order valence-corrected chi connectivity index (χ1v) is 5.99. The third kappa shape index (κ3) is 2.44. The van der Waals surface area contributed by atoms with Crippen molar-refractivity contribution >= 4 is 39.8 Å². The minimum Gasteiger partial charge on any atom is -0.397 e. The maximum atomic E-state index is 5.72. The van der Waals surface area contributed by atoms with Crippen LogP contribution in [-0.2, 0) is 0 Å². The van der Waals surface area contributed by atoms with Crippen molar-refractivity contribution in [2.45, 2.75) is 6.92 Å². The summed E-state index contributed by atoms with van der Waals surface area (Å²) >= 11 is 2.29. The van der Waals surface area contributed by atoms with Gasteiger partial charge in [-0.15, -0.1) is 0 Å². The first-order chi connectivity index (χ1) is 7.66. The third-order valence-corrected chi connectivity index (χ3v) is 3.20. The number of para-hydroxylation sites is 1. The Morgan fingerprint density at radius 2 is 1.94 bits per heavy atom. The number of aromatic nitrogens is 1. The fourth-order valence-corrected chi connectivity index (χ4v) is 1.86. The lowest BCUT2D eigenvalue weighted by Crippen LogP contribution is -1.99. The van der Waals surface area contributed by atoms with Crippen LogP contribution in [0.4, 0.5) is 17.2 Å². The Hall–Kier alpha value is -1.30. The van der Waals surface area contributed by atoms with Crippen LogP contribution in [0.2, 0.25) is 0 Å². The van der Waals surface area contributed by atoms with E-state index in [0.29, 0.717) is 5.69 Å². The summed E-state index contributed by atoms with van der Waals surface area (Å²) in [6.45, 7) is 1.90. The summed E-state index contributed by atoms with van der Waals surface area (Å²) in [6, 6.07) is 11.8. The number of nitrogens with two attached hydrogens (primary N) is 1. The summed E-state index contributed by atoms with van der Waals surface area (Å²) in [7, 11) is 0. The maximum absolute atomic E-state index is 5.72. The van der Waals surface area contributed by atoms with Gasteiger partial charge in [0.2, 0.25) is 0 Å². The maximum Gasteiger partial charge on any atom is 0.130 e. The number of nitrogen functional groups attached to an aromatic ring is 1. The smallest absolute Gasteiger partial charge is 0.130 e. The van der Waals surface area contributed by atoms with E-state index in [4.69, 9.17) is 5.73 Å². The van der Waals surface area contributed by atoms with Gasteiger partial charge in [0, 0.05) is 3.57 Å². The zero-order valence-corrected chi connectivity index (χ0v) is 11.0. The molecule has 0 saturated carbocycles. The van der Waals surface area contributed by atoms with E-state index in [1.165, 1.54) is 0 Å². The number of aryl methyl sites for hydroxylation is 1. The van der Waals surface area contributed by atoms with Gasteiger partial charge in [-0.1, -0.05) is 12.1 Å². The number of hydrogen-bond donors (Lipinski definition) is 2. The summed E-state index contributed by atoms with van der Waals surface area (Å²) in [5.41, 5.74) is 8.34. The molecule has 0 atom stereocenters. The van der Waals surface area contributed by atoms with Crippen LogP contribution in [0.5, 0.6) is 0 Å². The Morgan fingerprint density at radius 1 is 1.19 bits per heavy atom. The number of benzene rings is 1. The van der Waals surface area contributed by atoms with E-state index in [9.17, 15) is 0 Å². The standard InChI is InChI=1S/C12H12IN3/c1-8-10(14)6-7-12(15-8)16-11-5-3-2-4-9(11)13/h2-7H,14H2,1H3,(H,15,16). The zero-order valence-electron chi connectivity index (χ0n) is 8.87. The summed E-state index contributed by atoms with van der Waals surface area (Å²) < 4.78 is 1.16. The fourth-order valence-electron chi connectivity index (χ4n) is 1.34. The molecular formula is C12H12IN3. The Bertz CT molecular complexity index is 511. The van der Waals surface area contributed by atoms with Crippen LogP contribution >= 0.6 is 22.6 Å². The van der Waals surface area contributed by atoms with Crippen molar-refractivity contribution in [3.05, 3.63) is 45.7 Å². The minimum absolute atomic E-state index is 0.716. The predicted molar refractivity (Wildman–Crippen MR) is 75.8 cm³/mol. The summed E-state index contributed by atoms with van der Waals surface area (Å²) in [4.78, 5) is 4.37. The molecule has 3 nitrogen and oxygen atoms in total. The average Bonchev–Trinajstić information content (AvgIpc) is 2.27. The van der Waals surface area contributed by atoms with Crippen molar-refractivity contribution in [1.29, 1.82) is 0 Å². The van der Waals surface area contributed by atoms with E-state index < -0.39 is 0 Å². The van der Waals surface area contributed by atoms with E-state index in [0.717, 1.165) is 20.8 Å². The molecular weight excluding hydrogens is 313 g/mol. The number of nitrogens with zero attached hydrogens (tertiary/aromatic N) is 1. The van der Waals surface area contributed by atoms with Gasteiger partial charge in [0.1, 0.15) is 5.82 Å². The molecule has 0 radical (unpaired) electrons. The second-order valence-corrected chi connectivity index (χ2v) is 4.64. The second kappa shape index (κ2) is 4.69. The van der Waals surface area contributed by atoms with Crippen LogP contribution in [0.15, 0.2) is 36.4 Å². The van der Waals surface area contributed by atoms with Crippen molar-refractivity contribution in [2.75, 3.05) is 11.1 Å². The van der Waals surface area contributed by atoms with E-state index in [1.54, 1.807) is 0 Å². The summed E-state index contributed by atoms with van der Waals surface area (Å²) in [6.07, 6.45) is 0. The normalized spacial score (nSPS) is 10.1. The predicted octanol–water partition coefficient (Wildman–Crippen LogP) is 3.32. The Kier molecular flexibility index (Phi) is 3.28. The molecule has 4 heteroatoms. The third-order valence-electron chi connectivity index (χ3n) is 2.26. The van der Waals surface area contributed by atoms with Crippen molar-refractivity contribution in [1.82, 2.24) is 4.98 Å². The average molecular weight is 325 g/mol. The van der Waals surface area contributed by atoms with E-state index in [2.05, 4.69) is 32.9 Å². The molecule has 82 valence electrons. The Labute approximate surface area is 108 Å². The number of rotatable bonds is 2. The number of nitrogens with one attached hydrogen (secondary N) is 1. The molecule has 1 aromatic carbocycles. The lowest BCUT2D eigenvalue weighted by molar-refractivity contribution is 1.20. The van der Waals surface area contributed by atoms with Gasteiger partial charge in [-0.3, -0.25) is 0 Å². The van der Waals surface area contributed by atoms with Gasteiger partial charge in [-0.25, -0.2) is 4.98 Å². The van der Waals surface area contributed by atoms with E-state index in [1.807, 2.05) is 43.3 Å². The van der Waals surface area contributed by atoms with Crippen LogP contribution in [0.25, 0.3) is 0 Å². The molecule has 0 aliphatic rings. The Balaban J connectivity index is 2.28. The molecule has 2 aromatic rings. The quantitative estimate of drug-likeness (QED) is 0.833. The molecule has 1 heterocycles.